The molecule has 0 unspecified atom stereocenters. The molecule has 0 aromatic heterocycles. The van der Waals surface area contributed by atoms with Gasteiger partial charge in [0.15, 0.2) is 11.5 Å². The van der Waals surface area contributed by atoms with Gasteiger partial charge in [-0.25, -0.2) is 18.3 Å². The monoisotopic (exact) mass is 334 g/mol. The number of primary sulfonamides is 1. The highest BCUT2D eigenvalue weighted by Crippen LogP contribution is 2.19. The van der Waals surface area contributed by atoms with Crippen molar-refractivity contribution in [3.63, 3.8) is 0 Å². The third-order valence-corrected chi connectivity index (χ3v) is 3.91. The van der Waals surface area contributed by atoms with Crippen LogP contribution >= 0.6 is 0 Å². The summed E-state index contributed by atoms with van der Waals surface area (Å²) in [6, 6.07) is 6.15. The van der Waals surface area contributed by atoms with Crippen LogP contribution in [0.3, 0.4) is 0 Å². The number of benzene rings is 1. The maximum Gasteiger partial charge on any atom is 0.238 e. The van der Waals surface area contributed by atoms with Gasteiger partial charge < -0.3 is 9.47 Å². The highest BCUT2D eigenvalue weighted by molar-refractivity contribution is 7.89. The fourth-order valence-electron chi connectivity index (χ4n) is 1.85. The van der Waals surface area contributed by atoms with Gasteiger partial charge in [-0.1, -0.05) is 0 Å². The molecule has 9 heteroatoms. The first kappa shape index (κ1) is 17.8. The van der Waals surface area contributed by atoms with E-state index in [0.717, 1.165) is 26.1 Å². The van der Waals surface area contributed by atoms with Gasteiger partial charge in [0.25, 0.3) is 0 Å². The van der Waals surface area contributed by atoms with Gasteiger partial charge in [-0.05, 0) is 43.0 Å². The Kier molecular flexibility index (Phi) is 7.51. The normalized spacial score (nSPS) is 15.7. The third-order valence-electron chi connectivity index (χ3n) is 2.98. The molecule has 1 aromatic rings. The zero-order chi connectivity index (χ0) is 15.7. The Morgan fingerprint density at radius 1 is 1.29 bits per heavy atom. The average Bonchev–Trinajstić information content (AvgIpc) is 2.47. The van der Waals surface area contributed by atoms with Crippen LogP contribution in [0, 0.1) is 10.7 Å². The second kappa shape index (κ2) is 8.88. The number of rotatable bonds is 4. The van der Waals surface area contributed by atoms with E-state index in [1.165, 1.54) is 12.1 Å². The minimum absolute atomic E-state index is 0.0981. The van der Waals surface area contributed by atoms with Gasteiger partial charge in [0, 0.05) is 13.2 Å². The Morgan fingerprint density at radius 2 is 1.81 bits per heavy atom. The maximum atomic E-state index is 11.1. The molecule has 0 aliphatic carbocycles. The lowest BCUT2D eigenvalue weighted by Crippen LogP contribution is -2.21. The lowest BCUT2D eigenvalue weighted by Gasteiger charge is -2.22. The molecule has 0 saturated carbocycles. The van der Waals surface area contributed by atoms with E-state index in [2.05, 4.69) is 0 Å². The number of nitrogens with two attached hydrogens (primary N) is 1. The molecule has 0 spiro atoms. The van der Waals surface area contributed by atoms with Crippen LogP contribution in [-0.4, -0.2) is 32.4 Å². The quantitative estimate of drug-likeness (QED) is 0.854. The molecule has 0 radical (unpaired) electrons. The van der Waals surface area contributed by atoms with Crippen molar-refractivity contribution in [2.75, 3.05) is 19.8 Å². The molecule has 118 valence electrons. The minimum Gasteiger partial charge on any atom is -0.493 e. The van der Waals surface area contributed by atoms with Crippen LogP contribution in [0.15, 0.2) is 29.2 Å². The number of hydrogen-bond acceptors (Lipinski definition) is 6. The Bertz CT molecular complexity index is 562. The second-order valence-corrected chi connectivity index (χ2v) is 6.19. The van der Waals surface area contributed by atoms with Crippen molar-refractivity contribution >= 4 is 21.5 Å². The first-order chi connectivity index (χ1) is 9.97. The smallest absolute Gasteiger partial charge is 0.238 e. The summed E-state index contributed by atoms with van der Waals surface area (Å²) < 4.78 is 47.1. The molecule has 0 amide bonds. The summed E-state index contributed by atoms with van der Waals surface area (Å²) in [4.78, 5) is 0.0981. The molecular formula is C12H18N2O5S2. The SMILES string of the molecule is N=S=O.NS(=O)(=O)c1ccc(OCC2CCOCC2)cc1. The molecule has 3 N–H and O–H groups in total. The van der Waals surface area contributed by atoms with Gasteiger partial charge in [-0.3, -0.25) is 0 Å². The molecule has 7 nitrogen and oxygen atoms in total. The molecule has 1 aliphatic rings. The van der Waals surface area contributed by atoms with Crippen LogP contribution in [-0.2, 0) is 26.2 Å². The molecule has 1 aromatic carbocycles. The van der Waals surface area contributed by atoms with E-state index >= 15 is 0 Å². The third kappa shape index (κ3) is 6.80. The van der Waals surface area contributed by atoms with E-state index in [4.69, 9.17) is 23.6 Å². The number of sulfonamides is 1. The zero-order valence-electron chi connectivity index (χ0n) is 11.4. The lowest BCUT2D eigenvalue weighted by molar-refractivity contribution is 0.0497. The fraction of sp³-hybridized carbons (Fsp3) is 0.500. The van der Waals surface area contributed by atoms with Crippen LogP contribution in [0.25, 0.3) is 0 Å². The van der Waals surface area contributed by atoms with E-state index in [1.54, 1.807) is 12.1 Å². The number of hydrogen-bond donors (Lipinski definition) is 2. The second-order valence-electron chi connectivity index (χ2n) is 4.47. The molecule has 1 aliphatic heterocycles. The van der Waals surface area contributed by atoms with Crippen molar-refractivity contribution in [2.45, 2.75) is 17.7 Å². The van der Waals surface area contributed by atoms with Gasteiger partial charge in [-0.15, -0.1) is 0 Å². The summed E-state index contributed by atoms with van der Waals surface area (Å²) in [5, 5.41) is 5.02. The van der Waals surface area contributed by atoms with Gasteiger partial charge >= 0.3 is 0 Å². The maximum absolute atomic E-state index is 11.1. The fourth-order valence-corrected chi connectivity index (χ4v) is 2.37. The Hall–Kier alpha value is -1.29. The Balaban J connectivity index is 0.000000677. The van der Waals surface area contributed by atoms with E-state index < -0.39 is 10.0 Å². The van der Waals surface area contributed by atoms with Gasteiger partial charge in [-0.2, -0.15) is 4.21 Å². The van der Waals surface area contributed by atoms with Crippen LogP contribution in [0.1, 0.15) is 12.8 Å². The molecule has 0 atom stereocenters. The molecule has 1 saturated heterocycles. The van der Waals surface area contributed by atoms with E-state index in [9.17, 15) is 8.42 Å². The van der Waals surface area contributed by atoms with Gasteiger partial charge in [0.05, 0.1) is 11.5 Å². The van der Waals surface area contributed by atoms with Crippen molar-refractivity contribution in [2.24, 2.45) is 11.1 Å². The van der Waals surface area contributed by atoms with Crippen molar-refractivity contribution in [1.29, 1.82) is 4.78 Å². The summed E-state index contributed by atoms with van der Waals surface area (Å²) in [5.74, 6) is 1.17. The van der Waals surface area contributed by atoms with E-state index in [0.29, 0.717) is 18.3 Å². The zero-order valence-corrected chi connectivity index (χ0v) is 13.0. The van der Waals surface area contributed by atoms with Crippen molar-refractivity contribution in [3.8, 4) is 5.75 Å². The summed E-state index contributed by atoms with van der Waals surface area (Å²) in [6.45, 7) is 2.22. The minimum atomic E-state index is -3.63. The largest absolute Gasteiger partial charge is 0.493 e. The standard InChI is InChI=1S/C12H17NO4S.HNOS/c13-18(14,15)12-3-1-11(2-4-12)17-9-10-5-7-16-8-6-10;1-3-2/h1-4,10H,5-9H2,(H2,13,14,15);1H. The topological polar surface area (TPSA) is 120 Å². The molecule has 21 heavy (non-hydrogen) atoms. The highest BCUT2D eigenvalue weighted by atomic mass is 32.2. The van der Waals surface area contributed by atoms with Crippen molar-refractivity contribution < 1.29 is 22.1 Å². The van der Waals surface area contributed by atoms with Gasteiger partial charge in [0.1, 0.15) is 5.75 Å². The van der Waals surface area contributed by atoms with Crippen LogP contribution < -0.4 is 9.88 Å². The summed E-state index contributed by atoms with van der Waals surface area (Å²) in [5.41, 5.74) is 0. The van der Waals surface area contributed by atoms with E-state index in [1.807, 2.05) is 0 Å². The molecule has 2 rings (SSSR count). The summed E-state index contributed by atoms with van der Waals surface area (Å²) in [6.07, 6.45) is 2.02. The molecule has 0 bridgehead atoms. The summed E-state index contributed by atoms with van der Waals surface area (Å²) >= 11 is -0.250. The van der Waals surface area contributed by atoms with Crippen LogP contribution in [0.2, 0.25) is 0 Å². The van der Waals surface area contributed by atoms with E-state index in [-0.39, 0.29) is 16.4 Å². The van der Waals surface area contributed by atoms with Crippen molar-refractivity contribution in [1.82, 2.24) is 0 Å². The molecular weight excluding hydrogens is 316 g/mol. The van der Waals surface area contributed by atoms with Crippen LogP contribution in [0.5, 0.6) is 5.75 Å². The molecule has 1 fully saturated rings. The first-order valence-corrected chi connectivity index (χ1v) is 8.55. The van der Waals surface area contributed by atoms with Crippen molar-refractivity contribution in [3.05, 3.63) is 24.3 Å². The summed E-state index contributed by atoms with van der Waals surface area (Å²) in [7, 11) is -3.63. The van der Waals surface area contributed by atoms with Gasteiger partial charge in [0.2, 0.25) is 10.0 Å². The Morgan fingerprint density at radius 3 is 2.29 bits per heavy atom. The number of ether oxygens (including phenoxy) is 2. The highest BCUT2D eigenvalue weighted by Gasteiger charge is 2.14. The predicted octanol–water partition coefficient (Wildman–Crippen LogP) is 1.10. The molecule has 1 heterocycles. The predicted molar refractivity (Wildman–Crippen MR) is 77.7 cm³/mol. The average molecular weight is 334 g/mol. The first-order valence-electron chi connectivity index (χ1n) is 6.26. The lowest BCUT2D eigenvalue weighted by atomic mass is 10.0. The Labute approximate surface area is 127 Å². The van der Waals surface area contributed by atoms with Crippen LogP contribution in [0.4, 0.5) is 0 Å². The number of nitrogens with one attached hydrogen (secondary N) is 1.